The first-order valence-corrected chi connectivity index (χ1v) is 7.96. The van der Waals surface area contributed by atoms with Gasteiger partial charge in [0.15, 0.2) is 0 Å². The molecule has 3 atom stereocenters. The van der Waals surface area contributed by atoms with Gasteiger partial charge in [0.2, 0.25) is 0 Å². The van der Waals surface area contributed by atoms with E-state index in [1.54, 1.807) is 4.90 Å². The molecule has 1 aliphatic carbocycles. The maximum atomic E-state index is 12.3. The van der Waals surface area contributed by atoms with E-state index in [1.807, 2.05) is 24.3 Å². The summed E-state index contributed by atoms with van der Waals surface area (Å²) in [7, 11) is 0. The number of piperidine rings is 1. The molecule has 1 heterocycles. The highest BCUT2D eigenvalue weighted by Gasteiger charge is 2.41. The Kier molecular flexibility index (Phi) is 4.25. The van der Waals surface area contributed by atoms with Gasteiger partial charge in [-0.25, -0.2) is 4.79 Å². The van der Waals surface area contributed by atoms with E-state index in [0.717, 1.165) is 18.4 Å². The Morgan fingerprint density at radius 2 is 2.18 bits per heavy atom. The maximum absolute atomic E-state index is 12.3. The Morgan fingerprint density at radius 3 is 2.91 bits per heavy atom. The number of amides is 2. The molecule has 5 nitrogen and oxygen atoms in total. The summed E-state index contributed by atoms with van der Waals surface area (Å²) in [5.41, 5.74) is 1.14. The molecule has 118 valence electrons. The maximum Gasteiger partial charge on any atom is 0.317 e. The van der Waals surface area contributed by atoms with Gasteiger partial charge in [0.05, 0.1) is 5.92 Å². The molecule has 2 N–H and O–H groups in total. The van der Waals surface area contributed by atoms with E-state index in [-0.39, 0.29) is 12.1 Å². The fraction of sp³-hybridized carbons (Fsp3) is 0.500. The smallest absolute Gasteiger partial charge is 0.317 e. The van der Waals surface area contributed by atoms with Crippen LogP contribution < -0.4 is 5.32 Å². The first-order valence-electron chi connectivity index (χ1n) is 7.58. The van der Waals surface area contributed by atoms with Crippen LogP contribution in [0.1, 0.15) is 30.7 Å². The molecule has 2 aliphatic rings. The Hall–Kier alpha value is -1.75. The van der Waals surface area contributed by atoms with Crippen LogP contribution in [0.25, 0.3) is 0 Å². The van der Waals surface area contributed by atoms with Crippen LogP contribution in [0.2, 0.25) is 5.02 Å². The van der Waals surface area contributed by atoms with E-state index >= 15 is 0 Å². The predicted molar refractivity (Wildman–Crippen MR) is 83.1 cm³/mol. The molecular formula is C16H19ClN2O3. The van der Waals surface area contributed by atoms with E-state index < -0.39 is 11.9 Å². The van der Waals surface area contributed by atoms with Crippen molar-refractivity contribution in [1.82, 2.24) is 10.2 Å². The number of hydrogen-bond donors (Lipinski definition) is 2. The summed E-state index contributed by atoms with van der Waals surface area (Å²) in [6.45, 7) is 0.930. The minimum Gasteiger partial charge on any atom is -0.481 e. The second-order valence-corrected chi connectivity index (χ2v) is 6.51. The van der Waals surface area contributed by atoms with Gasteiger partial charge >= 0.3 is 12.0 Å². The number of aliphatic carboxylic acids is 1. The van der Waals surface area contributed by atoms with Gasteiger partial charge in [-0.1, -0.05) is 23.7 Å². The molecule has 1 unspecified atom stereocenters. The molecule has 1 saturated carbocycles. The average molecular weight is 323 g/mol. The Morgan fingerprint density at radius 1 is 1.36 bits per heavy atom. The van der Waals surface area contributed by atoms with Crippen molar-refractivity contribution in [2.45, 2.75) is 31.2 Å². The second-order valence-electron chi connectivity index (χ2n) is 6.08. The molecule has 2 amide bonds. The number of carboxylic acids is 1. The number of benzene rings is 1. The van der Waals surface area contributed by atoms with E-state index in [4.69, 9.17) is 16.7 Å². The molecule has 1 aromatic carbocycles. The van der Waals surface area contributed by atoms with Crippen molar-refractivity contribution in [3.05, 3.63) is 34.9 Å². The van der Waals surface area contributed by atoms with Gasteiger partial charge in [0.1, 0.15) is 0 Å². The Balaban J connectivity index is 1.54. The zero-order valence-electron chi connectivity index (χ0n) is 12.2. The quantitative estimate of drug-likeness (QED) is 0.899. The fourth-order valence-corrected chi connectivity index (χ4v) is 3.27. The number of hydrogen-bond acceptors (Lipinski definition) is 2. The zero-order chi connectivity index (χ0) is 15.7. The van der Waals surface area contributed by atoms with Gasteiger partial charge in [-0.05, 0) is 37.0 Å². The largest absolute Gasteiger partial charge is 0.481 e. The van der Waals surface area contributed by atoms with Crippen molar-refractivity contribution in [2.24, 2.45) is 5.92 Å². The highest BCUT2D eigenvalue weighted by molar-refractivity contribution is 6.30. The Labute approximate surface area is 134 Å². The van der Waals surface area contributed by atoms with Crippen LogP contribution in [0, 0.1) is 5.92 Å². The van der Waals surface area contributed by atoms with Crippen LogP contribution in [0.4, 0.5) is 4.79 Å². The first kappa shape index (κ1) is 15.2. The van der Waals surface area contributed by atoms with Crippen molar-refractivity contribution in [3.63, 3.8) is 0 Å². The third kappa shape index (κ3) is 3.35. The van der Waals surface area contributed by atoms with Crippen molar-refractivity contribution >= 4 is 23.6 Å². The molecule has 1 aromatic rings. The van der Waals surface area contributed by atoms with E-state index in [0.29, 0.717) is 30.5 Å². The molecule has 6 heteroatoms. The van der Waals surface area contributed by atoms with Gasteiger partial charge in [0, 0.05) is 30.1 Å². The summed E-state index contributed by atoms with van der Waals surface area (Å²) < 4.78 is 0. The second kappa shape index (κ2) is 6.16. The highest BCUT2D eigenvalue weighted by Crippen LogP contribution is 2.41. The molecule has 0 radical (unpaired) electrons. The van der Waals surface area contributed by atoms with Crippen molar-refractivity contribution < 1.29 is 14.7 Å². The van der Waals surface area contributed by atoms with Gasteiger partial charge in [-0.15, -0.1) is 0 Å². The number of halogens is 1. The van der Waals surface area contributed by atoms with Crippen LogP contribution in [0.3, 0.4) is 0 Å². The summed E-state index contributed by atoms with van der Waals surface area (Å²) in [5, 5.41) is 12.8. The number of carbonyl (C=O) groups is 2. The number of likely N-dealkylation sites (tertiary alicyclic amines) is 1. The Bertz CT molecular complexity index is 593. The summed E-state index contributed by atoms with van der Waals surface area (Å²) >= 11 is 5.99. The summed E-state index contributed by atoms with van der Waals surface area (Å²) in [5.74, 6) is -0.953. The summed E-state index contributed by atoms with van der Waals surface area (Å²) in [6, 6.07) is 7.67. The van der Waals surface area contributed by atoms with Gasteiger partial charge in [-0.3, -0.25) is 4.79 Å². The monoisotopic (exact) mass is 322 g/mol. The summed E-state index contributed by atoms with van der Waals surface area (Å²) in [4.78, 5) is 24.9. The van der Waals surface area contributed by atoms with Gasteiger partial charge in [0.25, 0.3) is 0 Å². The molecule has 1 saturated heterocycles. The standard InChI is InChI=1S/C16H19ClN2O3/c17-12-5-1-3-10(7-12)13-8-14(13)18-16(22)19-6-2-4-11(9-19)15(20)21/h1,3,5,7,11,13-14H,2,4,6,8-9H2,(H,18,22)(H,20,21)/t11?,13-,14+/m0/s1. The SMILES string of the molecule is O=C(O)C1CCCN(C(=O)N[C@@H]2C[C@H]2c2cccc(Cl)c2)C1. The van der Waals surface area contributed by atoms with E-state index in [1.165, 1.54) is 0 Å². The lowest BCUT2D eigenvalue weighted by Gasteiger charge is -2.30. The lowest BCUT2D eigenvalue weighted by Crippen LogP contribution is -2.47. The minimum atomic E-state index is -0.819. The summed E-state index contributed by atoms with van der Waals surface area (Å²) in [6.07, 6.45) is 2.29. The van der Waals surface area contributed by atoms with Crippen LogP contribution in [-0.4, -0.2) is 41.1 Å². The normalized spacial score (nSPS) is 27.3. The topological polar surface area (TPSA) is 69.6 Å². The molecule has 1 aliphatic heterocycles. The van der Waals surface area contributed by atoms with Crippen molar-refractivity contribution in [1.29, 1.82) is 0 Å². The minimum absolute atomic E-state index is 0.121. The molecule has 0 spiro atoms. The highest BCUT2D eigenvalue weighted by atomic mass is 35.5. The van der Waals surface area contributed by atoms with Crippen LogP contribution in [0.5, 0.6) is 0 Å². The molecule has 0 bridgehead atoms. The molecule has 2 fully saturated rings. The first-order chi connectivity index (χ1) is 10.5. The van der Waals surface area contributed by atoms with Crippen molar-refractivity contribution in [2.75, 3.05) is 13.1 Å². The third-order valence-corrected chi connectivity index (χ3v) is 4.67. The van der Waals surface area contributed by atoms with Crippen LogP contribution in [0.15, 0.2) is 24.3 Å². The molecule has 22 heavy (non-hydrogen) atoms. The lowest BCUT2D eigenvalue weighted by atomic mass is 9.99. The van der Waals surface area contributed by atoms with Gasteiger partial charge in [-0.2, -0.15) is 0 Å². The number of nitrogens with zero attached hydrogens (tertiary/aromatic N) is 1. The van der Waals surface area contributed by atoms with Crippen LogP contribution >= 0.6 is 11.6 Å². The van der Waals surface area contributed by atoms with E-state index in [2.05, 4.69) is 5.32 Å². The van der Waals surface area contributed by atoms with Crippen molar-refractivity contribution in [3.8, 4) is 0 Å². The third-order valence-electron chi connectivity index (χ3n) is 4.43. The van der Waals surface area contributed by atoms with Crippen LogP contribution in [-0.2, 0) is 4.79 Å². The molecular weight excluding hydrogens is 304 g/mol. The lowest BCUT2D eigenvalue weighted by molar-refractivity contribution is -0.143. The van der Waals surface area contributed by atoms with E-state index in [9.17, 15) is 9.59 Å². The molecule has 0 aromatic heterocycles. The number of carbonyl (C=O) groups excluding carboxylic acids is 1. The zero-order valence-corrected chi connectivity index (χ0v) is 12.9. The number of urea groups is 1. The van der Waals surface area contributed by atoms with Gasteiger partial charge < -0.3 is 15.3 Å². The number of rotatable bonds is 3. The number of carboxylic acid groups (broad SMARTS) is 1. The fourth-order valence-electron chi connectivity index (χ4n) is 3.07. The predicted octanol–water partition coefficient (Wildman–Crippen LogP) is 2.70. The number of nitrogens with one attached hydrogen (secondary N) is 1. The molecule has 3 rings (SSSR count). The average Bonchev–Trinajstić information content (AvgIpc) is 3.26.